The molecule has 2 amide bonds. The van der Waals surface area contributed by atoms with Gasteiger partial charge in [0.05, 0.1) is 5.71 Å². The van der Waals surface area contributed by atoms with Crippen molar-refractivity contribution in [3.63, 3.8) is 0 Å². The fourth-order valence-electron chi connectivity index (χ4n) is 2.74. The maximum atomic E-state index is 12.5. The van der Waals surface area contributed by atoms with Crippen LogP contribution in [-0.4, -0.2) is 42.0 Å². The van der Waals surface area contributed by atoms with Gasteiger partial charge in [-0.15, -0.1) is 5.10 Å². The Labute approximate surface area is 186 Å². The molecule has 7 nitrogen and oxygen atoms in total. The normalized spacial score (nSPS) is 18.2. The van der Waals surface area contributed by atoms with E-state index in [4.69, 9.17) is 0 Å². The molecule has 31 heavy (non-hydrogen) atoms. The van der Waals surface area contributed by atoms with E-state index in [1.54, 1.807) is 12.1 Å². The minimum atomic E-state index is -0.561. The Morgan fingerprint density at radius 3 is 2.55 bits per heavy atom. The van der Waals surface area contributed by atoms with Crippen molar-refractivity contribution >= 4 is 51.9 Å². The third kappa shape index (κ3) is 6.82. The second kappa shape index (κ2) is 10.6. The van der Waals surface area contributed by atoms with Crippen LogP contribution in [0.15, 0.2) is 70.9 Å². The second-order valence-electron chi connectivity index (χ2n) is 7.18. The highest BCUT2D eigenvalue weighted by molar-refractivity contribution is 8.15. The summed E-state index contributed by atoms with van der Waals surface area (Å²) in [4.78, 5) is 26.6. The number of thioether (sulfide) groups is 1. The Hall–Kier alpha value is -3.39. The third-order valence-electron chi connectivity index (χ3n) is 4.43. The van der Waals surface area contributed by atoms with Crippen LogP contribution in [0, 0.1) is 0 Å². The summed E-state index contributed by atoms with van der Waals surface area (Å²) in [6.07, 6.45) is 3.89. The maximum absolute atomic E-state index is 12.5. The number of para-hydroxylation sites is 1. The lowest BCUT2D eigenvalue weighted by Gasteiger charge is -2.21. The van der Waals surface area contributed by atoms with Gasteiger partial charge in [-0.25, -0.2) is 0 Å². The predicted molar refractivity (Wildman–Crippen MR) is 130 cm³/mol. The molecule has 2 N–H and O–H groups in total. The molecule has 3 rings (SSSR count). The molecule has 1 aliphatic heterocycles. The SMILES string of the molecule is CC(/C=C/c1ccc(N(C)C)cc1)=N\N=C1/NC(=O)CC(C(=O)Nc2ccccc2)S1. The summed E-state index contributed by atoms with van der Waals surface area (Å²) in [6.45, 7) is 1.82. The van der Waals surface area contributed by atoms with E-state index in [0.29, 0.717) is 16.6 Å². The lowest BCUT2D eigenvalue weighted by molar-refractivity contribution is -0.123. The Kier molecular flexibility index (Phi) is 7.61. The molecule has 1 heterocycles. The van der Waals surface area contributed by atoms with Crippen LogP contribution in [0.4, 0.5) is 11.4 Å². The molecule has 1 aliphatic rings. The van der Waals surface area contributed by atoms with E-state index in [1.807, 2.05) is 80.5 Å². The van der Waals surface area contributed by atoms with Gasteiger partial charge in [0.25, 0.3) is 0 Å². The fraction of sp³-hybridized carbons (Fsp3) is 0.217. The van der Waals surface area contributed by atoms with Gasteiger partial charge in [-0.05, 0) is 42.8 Å². The molecular formula is C23H25N5O2S. The summed E-state index contributed by atoms with van der Waals surface area (Å²) >= 11 is 1.19. The molecule has 1 atom stereocenters. The van der Waals surface area contributed by atoms with Gasteiger partial charge >= 0.3 is 0 Å². The van der Waals surface area contributed by atoms with E-state index in [2.05, 4.69) is 20.8 Å². The fourth-order valence-corrected chi connectivity index (χ4v) is 3.67. The first-order valence-corrected chi connectivity index (χ1v) is 10.7. The average molecular weight is 436 g/mol. The number of hydrogen-bond donors (Lipinski definition) is 2. The first kappa shape index (κ1) is 22.3. The summed E-state index contributed by atoms with van der Waals surface area (Å²) in [5, 5.41) is 13.5. The Morgan fingerprint density at radius 2 is 1.87 bits per heavy atom. The van der Waals surface area contributed by atoms with Crippen molar-refractivity contribution in [2.24, 2.45) is 10.2 Å². The number of allylic oxidation sites excluding steroid dienone is 1. The van der Waals surface area contributed by atoms with Crippen molar-refractivity contribution in [2.45, 2.75) is 18.6 Å². The van der Waals surface area contributed by atoms with E-state index >= 15 is 0 Å². The number of carbonyl (C=O) groups is 2. The van der Waals surface area contributed by atoms with Gasteiger partial charge in [-0.1, -0.05) is 48.2 Å². The smallest absolute Gasteiger partial charge is 0.238 e. The topological polar surface area (TPSA) is 86.2 Å². The maximum Gasteiger partial charge on any atom is 0.238 e. The lowest BCUT2D eigenvalue weighted by Crippen LogP contribution is -2.41. The Balaban J connectivity index is 1.62. The number of anilines is 2. The number of carbonyl (C=O) groups excluding carboxylic acids is 2. The Bertz CT molecular complexity index is 1010. The van der Waals surface area contributed by atoms with Crippen LogP contribution in [0.25, 0.3) is 6.08 Å². The third-order valence-corrected chi connectivity index (χ3v) is 5.50. The van der Waals surface area contributed by atoms with Gasteiger partial charge < -0.3 is 15.5 Å². The quantitative estimate of drug-likeness (QED) is 0.534. The highest BCUT2D eigenvalue weighted by Crippen LogP contribution is 2.22. The van der Waals surface area contributed by atoms with Crippen molar-refractivity contribution in [1.29, 1.82) is 0 Å². The van der Waals surface area contributed by atoms with Gasteiger partial charge in [0, 0.05) is 31.9 Å². The molecule has 0 radical (unpaired) electrons. The minimum absolute atomic E-state index is 0.0912. The summed E-state index contributed by atoms with van der Waals surface area (Å²) in [7, 11) is 4.00. The van der Waals surface area contributed by atoms with Crippen LogP contribution >= 0.6 is 11.8 Å². The van der Waals surface area contributed by atoms with Crippen LogP contribution in [0.5, 0.6) is 0 Å². The molecule has 2 aromatic carbocycles. The van der Waals surface area contributed by atoms with Crippen molar-refractivity contribution < 1.29 is 9.59 Å². The number of benzene rings is 2. The molecule has 0 aliphatic carbocycles. The van der Waals surface area contributed by atoms with Crippen molar-refractivity contribution in [3.8, 4) is 0 Å². The number of nitrogens with zero attached hydrogens (tertiary/aromatic N) is 3. The average Bonchev–Trinajstić information content (AvgIpc) is 2.77. The molecule has 0 aromatic heterocycles. The van der Waals surface area contributed by atoms with E-state index in [1.165, 1.54) is 11.8 Å². The molecule has 1 fully saturated rings. The van der Waals surface area contributed by atoms with Crippen LogP contribution in [0.3, 0.4) is 0 Å². The number of amides is 2. The van der Waals surface area contributed by atoms with Gasteiger partial charge in [0.2, 0.25) is 11.8 Å². The highest BCUT2D eigenvalue weighted by Gasteiger charge is 2.30. The molecule has 0 bridgehead atoms. The minimum Gasteiger partial charge on any atom is -0.378 e. The number of rotatable bonds is 6. The zero-order valence-corrected chi connectivity index (χ0v) is 18.5. The van der Waals surface area contributed by atoms with Gasteiger partial charge in [-0.3, -0.25) is 9.59 Å². The number of amidine groups is 1. The van der Waals surface area contributed by atoms with Crippen LogP contribution in [0.1, 0.15) is 18.9 Å². The molecule has 1 saturated heterocycles. The second-order valence-corrected chi connectivity index (χ2v) is 8.37. The molecule has 2 aromatic rings. The summed E-state index contributed by atoms with van der Waals surface area (Å²) in [6, 6.07) is 17.3. The van der Waals surface area contributed by atoms with Crippen molar-refractivity contribution in [3.05, 3.63) is 66.2 Å². The summed E-state index contributed by atoms with van der Waals surface area (Å²) < 4.78 is 0. The molecule has 0 spiro atoms. The zero-order chi connectivity index (χ0) is 22.2. The molecular weight excluding hydrogens is 410 g/mol. The first-order valence-electron chi connectivity index (χ1n) is 9.81. The largest absolute Gasteiger partial charge is 0.378 e. The molecule has 1 unspecified atom stereocenters. The molecule has 8 heteroatoms. The monoisotopic (exact) mass is 435 g/mol. The van der Waals surface area contributed by atoms with Gasteiger partial charge in [0.15, 0.2) is 5.17 Å². The van der Waals surface area contributed by atoms with Crippen LogP contribution < -0.4 is 15.5 Å². The van der Waals surface area contributed by atoms with E-state index < -0.39 is 5.25 Å². The van der Waals surface area contributed by atoms with Crippen LogP contribution in [-0.2, 0) is 9.59 Å². The van der Waals surface area contributed by atoms with E-state index in [9.17, 15) is 9.59 Å². The van der Waals surface area contributed by atoms with E-state index in [-0.39, 0.29) is 18.2 Å². The first-order chi connectivity index (χ1) is 14.9. The van der Waals surface area contributed by atoms with Gasteiger partial charge in [0.1, 0.15) is 5.25 Å². The highest BCUT2D eigenvalue weighted by atomic mass is 32.2. The lowest BCUT2D eigenvalue weighted by atomic mass is 10.2. The zero-order valence-electron chi connectivity index (χ0n) is 17.7. The molecule has 160 valence electrons. The van der Waals surface area contributed by atoms with Crippen molar-refractivity contribution in [1.82, 2.24) is 5.32 Å². The molecule has 0 saturated carbocycles. The van der Waals surface area contributed by atoms with Gasteiger partial charge in [-0.2, -0.15) is 5.10 Å². The predicted octanol–water partition coefficient (Wildman–Crippen LogP) is 3.76. The van der Waals surface area contributed by atoms with Crippen molar-refractivity contribution in [2.75, 3.05) is 24.3 Å². The standard InChI is InChI=1S/C23H25N5O2S/c1-16(9-10-17-11-13-19(14-12-17)28(2)3)26-27-23-25-21(29)15-20(31-23)22(30)24-18-7-5-4-6-8-18/h4-14,20H,15H2,1-3H3,(H,24,30)(H,25,27,29)/b10-9+,26-16+. The number of nitrogens with one attached hydrogen (secondary N) is 2. The van der Waals surface area contributed by atoms with Crippen LogP contribution in [0.2, 0.25) is 0 Å². The Morgan fingerprint density at radius 1 is 1.16 bits per heavy atom. The number of hydrogen-bond acceptors (Lipinski definition) is 6. The van der Waals surface area contributed by atoms with E-state index in [0.717, 1.165) is 11.3 Å². The summed E-state index contributed by atoms with van der Waals surface area (Å²) in [5.41, 5.74) is 3.54. The summed E-state index contributed by atoms with van der Waals surface area (Å²) in [5.74, 6) is -0.490.